The molecule has 0 spiro atoms. The van der Waals surface area contributed by atoms with Crippen LogP contribution in [0.2, 0.25) is 0 Å². The molecule has 0 bridgehead atoms. The Labute approximate surface area is 83.1 Å². The molecule has 1 atom stereocenters. The van der Waals surface area contributed by atoms with Crippen molar-refractivity contribution in [3.05, 3.63) is 0 Å². The highest BCUT2D eigenvalue weighted by molar-refractivity contribution is 5.84. The van der Waals surface area contributed by atoms with Crippen LogP contribution in [-0.2, 0) is 4.79 Å². The van der Waals surface area contributed by atoms with E-state index in [-0.39, 0.29) is 5.91 Å². The van der Waals surface area contributed by atoms with Gasteiger partial charge in [0.05, 0.1) is 0 Å². The summed E-state index contributed by atoms with van der Waals surface area (Å²) in [6.45, 7) is 3.08. The molecule has 2 amide bonds. The van der Waals surface area contributed by atoms with Crippen molar-refractivity contribution >= 4 is 12.0 Å². The number of nitrogens with one attached hydrogen (secondary N) is 1. The van der Waals surface area contributed by atoms with Crippen molar-refractivity contribution in [2.45, 2.75) is 32.2 Å². The Balaban J connectivity index is 2.42. The summed E-state index contributed by atoms with van der Waals surface area (Å²) in [6.07, 6.45) is 2.05. The number of nitrogens with zero attached hydrogens (tertiary/aromatic N) is 1. The average molecular weight is 200 g/mol. The Morgan fingerprint density at radius 2 is 1.86 bits per heavy atom. The molecular weight excluding hydrogens is 184 g/mol. The van der Waals surface area contributed by atoms with Gasteiger partial charge in [0.1, 0.15) is 6.04 Å². The first-order chi connectivity index (χ1) is 6.61. The summed E-state index contributed by atoms with van der Waals surface area (Å²) >= 11 is 0. The van der Waals surface area contributed by atoms with Gasteiger partial charge >= 0.3 is 6.09 Å². The predicted octanol–water partition coefficient (Wildman–Crippen LogP) is 0.655. The minimum atomic E-state index is -1.15. The lowest BCUT2D eigenvalue weighted by Gasteiger charge is -2.29. The SMILES string of the molecule is C[C@H](NC(=O)O)C(=O)N1CCCCC1. The number of likely N-dealkylation sites (tertiary alicyclic amines) is 1. The van der Waals surface area contributed by atoms with Crippen molar-refractivity contribution in [2.75, 3.05) is 13.1 Å². The third-order valence-corrected chi connectivity index (χ3v) is 2.38. The summed E-state index contributed by atoms with van der Waals surface area (Å²) in [4.78, 5) is 23.7. The standard InChI is InChI=1S/C9H16N2O3/c1-7(10-9(13)14)8(12)11-5-3-2-4-6-11/h7,10H,2-6H2,1H3,(H,13,14)/t7-/m0/s1. The van der Waals surface area contributed by atoms with E-state index in [2.05, 4.69) is 5.32 Å². The minimum absolute atomic E-state index is 0.118. The number of amides is 2. The largest absolute Gasteiger partial charge is 0.465 e. The highest BCUT2D eigenvalue weighted by atomic mass is 16.4. The fourth-order valence-corrected chi connectivity index (χ4v) is 1.64. The number of rotatable bonds is 2. The summed E-state index contributed by atoms with van der Waals surface area (Å²) < 4.78 is 0. The van der Waals surface area contributed by atoms with Crippen LogP contribution in [-0.4, -0.2) is 41.1 Å². The molecule has 0 saturated carbocycles. The van der Waals surface area contributed by atoms with Gasteiger partial charge in [-0.25, -0.2) is 4.79 Å². The molecule has 14 heavy (non-hydrogen) atoms. The first-order valence-corrected chi connectivity index (χ1v) is 4.89. The minimum Gasteiger partial charge on any atom is -0.465 e. The number of carbonyl (C=O) groups is 2. The second-order valence-electron chi connectivity index (χ2n) is 3.56. The molecule has 0 aromatic rings. The van der Waals surface area contributed by atoms with E-state index in [0.29, 0.717) is 0 Å². The maximum Gasteiger partial charge on any atom is 0.405 e. The van der Waals surface area contributed by atoms with Gasteiger partial charge in [-0.1, -0.05) is 0 Å². The molecule has 1 heterocycles. The molecule has 5 nitrogen and oxygen atoms in total. The summed E-state index contributed by atoms with van der Waals surface area (Å²) in [5.74, 6) is -0.118. The smallest absolute Gasteiger partial charge is 0.405 e. The fraction of sp³-hybridized carbons (Fsp3) is 0.778. The molecule has 2 N–H and O–H groups in total. The lowest BCUT2D eigenvalue weighted by molar-refractivity contribution is -0.133. The maximum absolute atomic E-state index is 11.6. The predicted molar refractivity (Wildman–Crippen MR) is 51.1 cm³/mol. The molecule has 1 rings (SSSR count). The molecule has 0 aliphatic carbocycles. The monoisotopic (exact) mass is 200 g/mol. The van der Waals surface area contributed by atoms with E-state index in [0.717, 1.165) is 32.4 Å². The lowest BCUT2D eigenvalue weighted by atomic mass is 10.1. The highest BCUT2D eigenvalue weighted by Gasteiger charge is 2.22. The summed E-state index contributed by atoms with van der Waals surface area (Å²) in [7, 11) is 0. The Kier molecular flexibility index (Phi) is 3.73. The van der Waals surface area contributed by atoms with Crippen molar-refractivity contribution in [3.63, 3.8) is 0 Å². The van der Waals surface area contributed by atoms with Crippen LogP contribution in [0.1, 0.15) is 26.2 Å². The van der Waals surface area contributed by atoms with E-state index in [1.807, 2.05) is 0 Å². The second-order valence-corrected chi connectivity index (χ2v) is 3.56. The van der Waals surface area contributed by atoms with Crippen LogP contribution in [0.5, 0.6) is 0 Å². The van der Waals surface area contributed by atoms with Crippen LogP contribution < -0.4 is 5.32 Å². The first-order valence-electron chi connectivity index (χ1n) is 4.89. The molecule has 5 heteroatoms. The molecule has 0 unspecified atom stereocenters. The maximum atomic E-state index is 11.6. The number of carbonyl (C=O) groups excluding carboxylic acids is 1. The van der Waals surface area contributed by atoms with Crippen LogP contribution >= 0.6 is 0 Å². The van der Waals surface area contributed by atoms with Crippen LogP contribution in [0.4, 0.5) is 4.79 Å². The summed E-state index contributed by atoms with van der Waals surface area (Å²) in [6, 6.07) is -0.634. The van der Waals surface area contributed by atoms with Gasteiger partial charge in [-0.05, 0) is 26.2 Å². The van der Waals surface area contributed by atoms with Gasteiger partial charge in [0.25, 0.3) is 0 Å². The molecular formula is C9H16N2O3. The number of hydrogen-bond acceptors (Lipinski definition) is 2. The molecule has 0 aromatic heterocycles. The van der Waals surface area contributed by atoms with Crippen LogP contribution in [0.3, 0.4) is 0 Å². The van der Waals surface area contributed by atoms with Gasteiger partial charge in [-0.15, -0.1) is 0 Å². The van der Waals surface area contributed by atoms with Gasteiger partial charge in [0.2, 0.25) is 5.91 Å². The van der Waals surface area contributed by atoms with Crippen LogP contribution in [0.25, 0.3) is 0 Å². The normalized spacial score (nSPS) is 18.8. The van der Waals surface area contributed by atoms with Crippen molar-refractivity contribution in [1.29, 1.82) is 0 Å². The van der Waals surface area contributed by atoms with E-state index in [4.69, 9.17) is 5.11 Å². The number of piperidine rings is 1. The van der Waals surface area contributed by atoms with Crippen LogP contribution in [0, 0.1) is 0 Å². The summed E-state index contributed by atoms with van der Waals surface area (Å²) in [5, 5.41) is 10.6. The topological polar surface area (TPSA) is 69.6 Å². The van der Waals surface area contributed by atoms with E-state index >= 15 is 0 Å². The third-order valence-electron chi connectivity index (χ3n) is 2.38. The van der Waals surface area contributed by atoms with Gasteiger partial charge in [-0.3, -0.25) is 4.79 Å². The molecule has 1 aliphatic heterocycles. The Morgan fingerprint density at radius 1 is 1.29 bits per heavy atom. The number of carboxylic acid groups (broad SMARTS) is 1. The van der Waals surface area contributed by atoms with Crippen molar-refractivity contribution in [2.24, 2.45) is 0 Å². The van der Waals surface area contributed by atoms with E-state index in [9.17, 15) is 9.59 Å². The Bertz CT molecular complexity index is 224. The quantitative estimate of drug-likeness (QED) is 0.687. The Hall–Kier alpha value is -1.26. The Morgan fingerprint density at radius 3 is 2.36 bits per heavy atom. The molecule has 1 aliphatic rings. The van der Waals surface area contributed by atoms with Gasteiger partial charge in [0.15, 0.2) is 0 Å². The van der Waals surface area contributed by atoms with Crippen molar-refractivity contribution < 1.29 is 14.7 Å². The zero-order chi connectivity index (χ0) is 10.6. The van der Waals surface area contributed by atoms with Crippen molar-refractivity contribution in [1.82, 2.24) is 10.2 Å². The van der Waals surface area contributed by atoms with E-state index in [1.165, 1.54) is 0 Å². The van der Waals surface area contributed by atoms with Crippen molar-refractivity contribution in [3.8, 4) is 0 Å². The second kappa shape index (κ2) is 4.83. The van der Waals surface area contributed by atoms with E-state index in [1.54, 1.807) is 11.8 Å². The molecule has 0 radical (unpaired) electrons. The first kappa shape index (κ1) is 10.8. The zero-order valence-corrected chi connectivity index (χ0v) is 8.32. The van der Waals surface area contributed by atoms with Gasteiger partial charge < -0.3 is 15.3 Å². The van der Waals surface area contributed by atoms with Crippen LogP contribution in [0.15, 0.2) is 0 Å². The molecule has 1 fully saturated rings. The summed E-state index contributed by atoms with van der Waals surface area (Å²) in [5.41, 5.74) is 0. The third kappa shape index (κ3) is 2.90. The lowest BCUT2D eigenvalue weighted by Crippen LogP contribution is -2.48. The molecule has 80 valence electrons. The van der Waals surface area contributed by atoms with Gasteiger partial charge in [-0.2, -0.15) is 0 Å². The zero-order valence-electron chi connectivity index (χ0n) is 8.32. The highest BCUT2D eigenvalue weighted by Crippen LogP contribution is 2.09. The average Bonchev–Trinajstić information content (AvgIpc) is 2.17. The number of hydrogen-bond donors (Lipinski definition) is 2. The van der Waals surface area contributed by atoms with E-state index < -0.39 is 12.1 Å². The fourth-order valence-electron chi connectivity index (χ4n) is 1.64. The molecule has 1 saturated heterocycles. The molecule has 0 aromatic carbocycles. The van der Waals surface area contributed by atoms with Gasteiger partial charge in [0, 0.05) is 13.1 Å².